The first-order chi connectivity index (χ1) is 8.74. The summed E-state index contributed by atoms with van der Waals surface area (Å²) < 4.78 is 0. The predicted octanol–water partition coefficient (Wildman–Crippen LogP) is 2.49. The van der Waals surface area contributed by atoms with E-state index in [0.29, 0.717) is 18.2 Å². The van der Waals surface area contributed by atoms with Crippen LogP contribution >= 0.6 is 11.8 Å². The summed E-state index contributed by atoms with van der Waals surface area (Å²) in [4.78, 5) is 12.8. The maximum atomic E-state index is 11.6. The van der Waals surface area contributed by atoms with Gasteiger partial charge in [-0.05, 0) is 31.4 Å². The van der Waals surface area contributed by atoms with Gasteiger partial charge in [-0.25, -0.2) is 0 Å². The first-order valence-corrected chi connectivity index (χ1v) is 7.41. The van der Waals surface area contributed by atoms with E-state index in [9.17, 15) is 4.79 Å². The molecule has 0 aliphatic heterocycles. The monoisotopic (exact) mass is 263 g/mol. The molecule has 97 valence electrons. The number of nitrogens with one attached hydrogen (secondary N) is 2. The van der Waals surface area contributed by atoms with Crippen LogP contribution in [-0.4, -0.2) is 23.7 Å². The van der Waals surface area contributed by atoms with Crippen molar-refractivity contribution in [1.82, 2.24) is 11.1 Å². The van der Waals surface area contributed by atoms with E-state index in [2.05, 4.69) is 5.32 Å². The summed E-state index contributed by atoms with van der Waals surface area (Å²) in [7, 11) is 0. The fourth-order valence-electron chi connectivity index (χ4n) is 1.84. The van der Waals surface area contributed by atoms with Crippen molar-refractivity contribution < 1.29 is 4.79 Å². The van der Waals surface area contributed by atoms with Crippen molar-refractivity contribution in [2.24, 2.45) is 0 Å². The smallest absolute Gasteiger partial charge is 0.221 e. The minimum atomic E-state index is -0.324. The molecular formula is C14H19N2OS. The molecular weight excluding hydrogens is 244 g/mol. The summed E-state index contributed by atoms with van der Waals surface area (Å²) in [5, 5.41) is 2.98. The van der Waals surface area contributed by atoms with Crippen molar-refractivity contribution in [3.05, 3.63) is 30.3 Å². The first kappa shape index (κ1) is 13.4. The Hall–Kier alpha value is -1.00. The minimum Gasteiger partial charge on any atom is -0.353 e. The Balaban J connectivity index is 1.65. The molecule has 1 amide bonds. The number of benzene rings is 1. The number of carbonyl (C=O) groups is 1. The van der Waals surface area contributed by atoms with Crippen LogP contribution in [0.1, 0.15) is 25.7 Å². The van der Waals surface area contributed by atoms with Gasteiger partial charge in [-0.15, -0.1) is 11.8 Å². The molecule has 1 aliphatic rings. The summed E-state index contributed by atoms with van der Waals surface area (Å²) in [6, 6.07) is 10.1. The molecule has 1 atom stereocenters. The number of amides is 1. The second-order valence-corrected chi connectivity index (χ2v) is 5.81. The highest BCUT2D eigenvalue weighted by Crippen LogP contribution is 2.20. The van der Waals surface area contributed by atoms with Crippen LogP contribution in [0.15, 0.2) is 35.2 Å². The molecule has 1 radical (unpaired) electrons. The third kappa shape index (κ3) is 4.35. The molecule has 4 heteroatoms. The lowest BCUT2D eigenvalue weighted by Gasteiger charge is -2.26. The van der Waals surface area contributed by atoms with Gasteiger partial charge in [0.15, 0.2) is 0 Å². The summed E-state index contributed by atoms with van der Waals surface area (Å²) in [5.41, 5.74) is 7.89. The van der Waals surface area contributed by atoms with Crippen LogP contribution in [-0.2, 0) is 4.79 Å². The molecule has 0 spiro atoms. The molecule has 0 aromatic heterocycles. The standard InChI is InChI=1S/C14H19N2OS/c15-11(9-14(17)16-12-5-4-6-12)10-18-13-7-2-1-3-8-13/h1-3,7-8,11-12,15H,4-6,9-10H2,(H,16,17)/t11-/m1/s1. The number of rotatable bonds is 6. The van der Waals surface area contributed by atoms with Crippen molar-refractivity contribution in [3.8, 4) is 0 Å². The third-order valence-corrected chi connectivity index (χ3v) is 4.27. The third-order valence-electron chi connectivity index (χ3n) is 3.10. The molecule has 1 aliphatic carbocycles. The molecule has 2 N–H and O–H groups in total. The largest absolute Gasteiger partial charge is 0.353 e. The first-order valence-electron chi connectivity index (χ1n) is 6.42. The maximum Gasteiger partial charge on any atom is 0.221 e. The molecule has 18 heavy (non-hydrogen) atoms. The lowest BCUT2D eigenvalue weighted by molar-refractivity contribution is -0.122. The quantitative estimate of drug-likeness (QED) is 0.802. The van der Waals surface area contributed by atoms with E-state index in [-0.39, 0.29) is 11.9 Å². The molecule has 0 saturated heterocycles. The van der Waals surface area contributed by atoms with Crippen molar-refractivity contribution in [1.29, 1.82) is 0 Å². The second-order valence-electron chi connectivity index (χ2n) is 4.72. The van der Waals surface area contributed by atoms with Gasteiger partial charge >= 0.3 is 0 Å². The Morgan fingerprint density at radius 3 is 2.72 bits per heavy atom. The maximum absolute atomic E-state index is 11.6. The van der Waals surface area contributed by atoms with Gasteiger partial charge < -0.3 is 5.32 Å². The number of thioether (sulfide) groups is 1. The number of hydrogen-bond acceptors (Lipinski definition) is 2. The van der Waals surface area contributed by atoms with Crippen LogP contribution in [0.4, 0.5) is 0 Å². The Morgan fingerprint density at radius 1 is 1.39 bits per heavy atom. The van der Waals surface area contributed by atoms with E-state index in [0.717, 1.165) is 17.7 Å². The second kappa shape index (κ2) is 6.81. The van der Waals surface area contributed by atoms with Crippen LogP contribution in [0.2, 0.25) is 0 Å². The Kier molecular flexibility index (Phi) is 5.08. The Morgan fingerprint density at radius 2 is 2.11 bits per heavy atom. The van der Waals surface area contributed by atoms with E-state index in [1.165, 1.54) is 6.42 Å². The molecule has 3 nitrogen and oxygen atoms in total. The average molecular weight is 263 g/mol. The van der Waals surface area contributed by atoms with Crippen LogP contribution in [0, 0.1) is 0 Å². The van der Waals surface area contributed by atoms with Crippen LogP contribution in [0.5, 0.6) is 0 Å². The van der Waals surface area contributed by atoms with E-state index >= 15 is 0 Å². The molecule has 0 unspecified atom stereocenters. The van der Waals surface area contributed by atoms with Crippen molar-refractivity contribution in [2.45, 2.75) is 42.7 Å². The minimum absolute atomic E-state index is 0.0355. The van der Waals surface area contributed by atoms with E-state index in [4.69, 9.17) is 5.73 Å². The van der Waals surface area contributed by atoms with Gasteiger partial charge in [0.2, 0.25) is 5.91 Å². The molecule has 0 heterocycles. The molecule has 1 saturated carbocycles. The highest BCUT2D eigenvalue weighted by Gasteiger charge is 2.20. The predicted molar refractivity (Wildman–Crippen MR) is 74.4 cm³/mol. The molecule has 1 aromatic carbocycles. The molecule has 1 fully saturated rings. The lowest BCUT2D eigenvalue weighted by atomic mass is 9.93. The lowest BCUT2D eigenvalue weighted by Crippen LogP contribution is -2.41. The topological polar surface area (TPSA) is 52.9 Å². The number of hydrogen-bond donors (Lipinski definition) is 1. The normalized spacial score (nSPS) is 16.9. The van der Waals surface area contributed by atoms with Gasteiger partial charge in [-0.3, -0.25) is 10.5 Å². The number of carbonyl (C=O) groups excluding carboxylic acids is 1. The van der Waals surface area contributed by atoms with Crippen molar-refractivity contribution in [3.63, 3.8) is 0 Å². The molecule has 2 rings (SSSR count). The van der Waals surface area contributed by atoms with Crippen molar-refractivity contribution in [2.75, 3.05) is 5.75 Å². The fraction of sp³-hybridized carbons (Fsp3) is 0.500. The molecule has 0 bridgehead atoms. The van der Waals surface area contributed by atoms with Gasteiger partial charge in [-0.2, -0.15) is 0 Å². The van der Waals surface area contributed by atoms with Gasteiger partial charge in [0.25, 0.3) is 0 Å². The van der Waals surface area contributed by atoms with Crippen LogP contribution in [0.25, 0.3) is 0 Å². The fourth-order valence-corrected chi connectivity index (χ4v) is 2.70. The summed E-state index contributed by atoms with van der Waals surface area (Å²) in [5.74, 6) is 0.704. The average Bonchev–Trinajstić information content (AvgIpc) is 2.33. The zero-order valence-electron chi connectivity index (χ0n) is 10.4. The van der Waals surface area contributed by atoms with Gasteiger partial charge in [-0.1, -0.05) is 18.2 Å². The van der Waals surface area contributed by atoms with E-state index in [1.54, 1.807) is 11.8 Å². The van der Waals surface area contributed by atoms with Gasteiger partial charge in [0.1, 0.15) is 0 Å². The summed E-state index contributed by atoms with van der Waals surface area (Å²) >= 11 is 1.64. The van der Waals surface area contributed by atoms with Crippen LogP contribution in [0.3, 0.4) is 0 Å². The van der Waals surface area contributed by atoms with Crippen LogP contribution < -0.4 is 11.1 Å². The summed E-state index contributed by atoms with van der Waals surface area (Å²) in [6.07, 6.45) is 3.75. The zero-order valence-corrected chi connectivity index (χ0v) is 11.2. The summed E-state index contributed by atoms with van der Waals surface area (Å²) in [6.45, 7) is 0. The Bertz CT molecular complexity index is 379. The Labute approximate surface area is 113 Å². The van der Waals surface area contributed by atoms with Gasteiger partial charge in [0.05, 0.1) is 0 Å². The SMILES string of the molecule is [NH][C@@H](CSc1ccccc1)CC(=O)NC1CCC1. The molecule has 1 aromatic rings. The zero-order chi connectivity index (χ0) is 12.8. The highest BCUT2D eigenvalue weighted by molar-refractivity contribution is 7.99. The van der Waals surface area contributed by atoms with E-state index < -0.39 is 0 Å². The highest BCUT2D eigenvalue weighted by atomic mass is 32.2. The van der Waals surface area contributed by atoms with Gasteiger partial charge in [0, 0.05) is 29.2 Å². The van der Waals surface area contributed by atoms with Crippen molar-refractivity contribution >= 4 is 17.7 Å². The van der Waals surface area contributed by atoms with E-state index in [1.807, 2.05) is 30.3 Å².